The number of rotatable bonds is 2. The summed E-state index contributed by atoms with van der Waals surface area (Å²) in [4.78, 5) is 7.69. The lowest BCUT2D eigenvalue weighted by Crippen LogP contribution is -1.90. The summed E-state index contributed by atoms with van der Waals surface area (Å²) in [6.45, 7) is 4.56. The molecule has 0 radical (unpaired) electrons. The van der Waals surface area contributed by atoms with E-state index in [4.69, 9.17) is 4.74 Å². The zero-order valence-electron chi connectivity index (χ0n) is 7.24. The molecule has 1 aromatic heterocycles. The molecular formula is C8H14N2O. The van der Waals surface area contributed by atoms with Crippen LogP contribution in [-0.2, 0) is 11.3 Å². The van der Waals surface area contributed by atoms with Crippen LogP contribution in [0.25, 0.3) is 0 Å². The molecule has 0 saturated heterocycles. The van der Waals surface area contributed by atoms with Gasteiger partial charge in [-0.2, -0.15) is 0 Å². The van der Waals surface area contributed by atoms with Crippen molar-refractivity contribution < 1.29 is 4.74 Å². The molecule has 1 heterocycles. The molecule has 0 aliphatic rings. The van der Waals surface area contributed by atoms with Gasteiger partial charge in [0, 0.05) is 13.3 Å². The highest BCUT2D eigenvalue weighted by molar-refractivity contribution is 4.95. The first kappa shape index (κ1) is 10.0. The van der Waals surface area contributed by atoms with Crippen LogP contribution in [0.5, 0.6) is 0 Å². The van der Waals surface area contributed by atoms with Gasteiger partial charge in [-0.1, -0.05) is 13.8 Å². The average Bonchev–Trinajstić information content (AvgIpc) is 2.11. The van der Waals surface area contributed by atoms with Crippen molar-refractivity contribution in [1.82, 2.24) is 9.97 Å². The van der Waals surface area contributed by atoms with E-state index in [0.29, 0.717) is 6.61 Å². The first-order valence-electron chi connectivity index (χ1n) is 3.67. The molecular weight excluding hydrogens is 140 g/mol. The zero-order valence-corrected chi connectivity index (χ0v) is 7.24. The summed E-state index contributed by atoms with van der Waals surface area (Å²) in [5, 5.41) is 0. The van der Waals surface area contributed by atoms with Gasteiger partial charge >= 0.3 is 0 Å². The third-order valence-corrected chi connectivity index (χ3v) is 0.935. The average molecular weight is 154 g/mol. The van der Waals surface area contributed by atoms with E-state index in [9.17, 15) is 0 Å². The van der Waals surface area contributed by atoms with Crippen molar-refractivity contribution in [3.8, 4) is 0 Å². The fourth-order valence-corrected chi connectivity index (χ4v) is 0.551. The largest absolute Gasteiger partial charge is 0.378 e. The molecule has 0 amide bonds. The van der Waals surface area contributed by atoms with Crippen LogP contribution < -0.4 is 0 Å². The minimum atomic E-state index is 0.558. The molecule has 0 N–H and O–H groups in total. The molecule has 0 bridgehead atoms. The fourth-order valence-electron chi connectivity index (χ4n) is 0.551. The number of methoxy groups -OCH3 is 1. The smallest absolute Gasteiger partial charge is 0.115 e. The van der Waals surface area contributed by atoms with E-state index in [0.717, 1.165) is 5.69 Å². The van der Waals surface area contributed by atoms with E-state index in [1.807, 2.05) is 19.9 Å². The molecule has 0 fully saturated rings. The summed E-state index contributed by atoms with van der Waals surface area (Å²) < 4.78 is 4.84. The maximum absolute atomic E-state index is 4.84. The van der Waals surface area contributed by atoms with Gasteiger partial charge < -0.3 is 4.74 Å². The Morgan fingerprint density at radius 2 is 2.18 bits per heavy atom. The van der Waals surface area contributed by atoms with Gasteiger partial charge in [0.2, 0.25) is 0 Å². The molecule has 0 aliphatic carbocycles. The van der Waals surface area contributed by atoms with Gasteiger partial charge in [0.05, 0.1) is 12.3 Å². The standard InChI is InChI=1S/C6H8N2O.C2H6/c1-9-4-6-2-3-7-5-8-6;1-2/h2-3,5H,4H2,1H3;1-2H3. The van der Waals surface area contributed by atoms with Gasteiger partial charge in [-0.15, -0.1) is 0 Å². The number of hydrogen-bond acceptors (Lipinski definition) is 3. The predicted molar refractivity (Wildman–Crippen MR) is 44.1 cm³/mol. The summed E-state index contributed by atoms with van der Waals surface area (Å²) in [5.41, 5.74) is 0.910. The van der Waals surface area contributed by atoms with Gasteiger partial charge in [0.25, 0.3) is 0 Å². The summed E-state index contributed by atoms with van der Waals surface area (Å²) >= 11 is 0. The second kappa shape index (κ2) is 7.15. The van der Waals surface area contributed by atoms with Crippen LogP contribution in [-0.4, -0.2) is 17.1 Å². The molecule has 0 atom stereocenters. The normalized spacial score (nSPS) is 8.27. The first-order chi connectivity index (χ1) is 5.43. The van der Waals surface area contributed by atoms with Crippen molar-refractivity contribution in [3.63, 3.8) is 0 Å². The van der Waals surface area contributed by atoms with Crippen LogP contribution in [0.1, 0.15) is 19.5 Å². The maximum Gasteiger partial charge on any atom is 0.115 e. The van der Waals surface area contributed by atoms with Crippen LogP contribution in [0, 0.1) is 0 Å². The van der Waals surface area contributed by atoms with E-state index in [1.54, 1.807) is 13.3 Å². The van der Waals surface area contributed by atoms with Crippen molar-refractivity contribution in [2.24, 2.45) is 0 Å². The second-order valence-electron chi connectivity index (χ2n) is 1.63. The fraction of sp³-hybridized carbons (Fsp3) is 0.500. The highest BCUT2D eigenvalue weighted by atomic mass is 16.5. The van der Waals surface area contributed by atoms with Crippen LogP contribution >= 0.6 is 0 Å². The molecule has 1 rings (SSSR count). The second-order valence-corrected chi connectivity index (χ2v) is 1.63. The van der Waals surface area contributed by atoms with E-state index < -0.39 is 0 Å². The Labute approximate surface area is 67.4 Å². The molecule has 3 nitrogen and oxygen atoms in total. The third kappa shape index (κ3) is 4.44. The Kier molecular flexibility index (Phi) is 6.53. The van der Waals surface area contributed by atoms with Crippen molar-refractivity contribution in [3.05, 3.63) is 24.3 Å². The number of nitrogens with zero attached hydrogens (tertiary/aromatic N) is 2. The number of hydrogen-bond donors (Lipinski definition) is 0. The molecule has 62 valence electrons. The summed E-state index contributed by atoms with van der Waals surface area (Å²) in [6.07, 6.45) is 3.20. The SMILES string of the molecule is CC.COCc1ccncn1. The van der Waals surface area contributed by atoms with Crippen LogP contribution in [0.4, 0.5) is 0 Å². The Balaban J connectivity index is 0.000000461. The van der Waals surface area contributed by atoms with Crippen molar-refractivity contribution in [2.75, 3.05) is 7.11 Å². The molecule has 0 spiro atoms. The summed E-state index contributed by atoms with van der Waals surface area (Å²) in [5.74, 6) is 0. The molecule has 1 aromatic rings. The first-order valence-corrected chi connectivity index (χ1v) is 3.67. The lowest BCUT2D eigenvalue weighted by atomic mass is 10.4. The van der Waals surface area contributed by atoms with Crippen molar-refractivity contribution in [2.45, 2.75) is 20.5 Å². The number of aromatic nitrogens is 2. The number of ether oxygens (including phenoxy) is 1. The van der Waals surface area contributed by atoms with Gasteiger partial charge in [0.15, 0.2) is 0 Å². The highest BCUT2D eigenvalue weighted by Gasteiger charge is 1.87. The van der Waals surface area contributed by atoms with Crippen LogP contribution in [0.15, 0.2) is 18.6 Å². The van der Waals surface area contributed by atoms with Gasteiger partial charge in [0.1, 0.15) is 6.33 Å². The third-order valence-electron chi connectivity index (χ3n) is 0.935. The molecule has 0 aromatic carbocycles. The Morgan fingerprint density at radius 3 is 2.64 bits per heavy atom. The van der Waals surface area contributed by atoms with Gasteiger partial charge in [-0.25, -0.2) is 9.97 Å². The Bertz CT molecular complexity index is 165. The maximum atomic E-state index is 4.84. The van der Waals surface area contributed by atoms with E-state index in [1.165, 1.54) is 6.33 Å². The molecule has 3 heteroatoms. The highest BCUT2D eigenvalue weighted by Crippen LogP contribution is 1.90. The van der Waals surface area contributed by atoms with Crippen LogP contribution in [0.3, 0.4) is 0 Å². The molecule has 0 unspecified atom stereocenters. The minimum absolute atomic E-state index is 0.558. The van der Waals surface area contributed by atoms with E-state index in [-0.39, 0.29) is 0 Å². The van der Waals surface area contributed by atoms with E-state index >= 15 is 0 Å². The predicted octanol–water partition coefficient (Wildman–Crippen LogP) is 1.65. The summed E-state index contributed by atoms with van der Waals surface area (Å²) in [6, 6.07) is 1.82. The molecule has 0 saturated carbocycles. The quantitative estimate of drug-likeness (QED) is 0.649. The molecule has 0 aliphatic heterocycles. The monoisotopic (exact) mass is 154 g/mol. The van der Waals surface area contributed by atoms with E-state index in [2.05, 4.69) is 9.97 Å². The van der Waals surface area contributed by atoms with Crippen molar-refractivity contribution in [1.29, 1.82) is 0 Å². The van der Waals surface area contributed by atoms with Gasteiger partial charge in [-0.3, -0.25) is 0 Å². The van der Waals surface area contributed by atoms with Crippen molar-refractivity contribution >= 4 is 0 Å². The molecule has 11 heavy (non-hydrogen) atoms. The van der Waals surface area contributed by atoms with Gasteiger partial charge in [-0.05, 0) is 6.07 Å². The summed E-state index contributed by atoms with van der Waals surface area (Å²) in [7, 11) is 1.64. The zero-order chi connectivity index (χ0) is 8.53. The lowest BCUT2D eigenvalue weighted by Gasteiger charge is -1.93. The Morgan fingerprint density at radius 1 is 1.45 bits per heavy atom. The lowest BCUT2D eigenvalue weighted by molar-refractivity contribution is 0.181. The Hall–Kier alpha value is -0.960. The van der Waals surface area contributed by atoms with Crippen LogP contribution in [0.2, 0.25) is 0 Å². The topological polar surface area (TPSA) is 35.0 Å². The minimum Gasteiger partial charge on any atom is -0.378 e.